The maximum absolute atomic E-state index is 12.8. The SMILES string of the molecule is CCOc1ccc(Br)cc1S(=O)(=O)N(C)C1CCNC1. The minimum absolute atomic E-state index is 0.00606. The lowest BCUT2D eigenvalue weighted by molar-refractivity contribution is 0.327. The molecule has 1 aliphatic rings. The van der Waals surface area contributed by atoms with E-state index in [-0.39, 0.29) is 10.9 Å². The first kappa shape index (κ1) is 15.8. The largest absolute Gasteiger partial charge is 0.492 e. The highest BCUT2D eigenvalue weighted by atomic mass is 79.9. The van der Waals surface area contributed by atoms with Crippen LogP contribution in [0.25, 0.3) is 0 Å². The first-order valence-corrected chi connectivity index (χ1v) is 8.81. The fraction of sp³-hybridized carbons (Fsp3) is 0.538. The molecule has 1 N–H and O–H groups in total. The molecule has 2 rings (SSSR count). The van der Waals surface area contributed by atoms with Gasteiger partial charge in [0.2, 0.25) is 10.0 Å². The van der Waals surface area contributed by atoms with E-state index in [2.05, 4.69) is 21.2 Å². The number of hydrogen-bond acceptors (Lipinski definition) is 4. The molecule has 1 heterocycles. The summed E-state index contributed by atoms with van der Waals surface area (Å²) in [6, 6.07) is 5.05. The minimum Gasteiger partial charge on any atom is -0.492 e. The summed E-state index contributed by atoms with van der Waals surface area (Å²) < 4.78 is 33.1. The van der Waals surface area contributed by atoms with Crippen LogP contribution in [0.2, 0.25) is 0 Å². The summed E-state index contributed by atoms with van der Waals surface area (Å²) >= 11 is 3.32. The van der Waals surface area contributed by atoms with E-state index in [1.807, 2.05) is 6.92 Å². The van der Waals surface area contributed by atoms with Gasteiger partial charge in [0.25, 0.3) is 0 Å². The van der Waals surface area contributed by atoms with Crippen molar-refractivity contribution in [2.24, 2.45) is 0 Å². The Morgan fingerprint density at radius 1 is 1.50 bits per heavy atom. The molecule has 1 fully saturated rings. The van der Waals surface area contributed by atoms with Gasteiger partial charge in [-0.3, -0.25) is 0 Å². The number of halogens is 1. The van der Waals surface area contributed by atoms with E-state index in [9.17, 15) is 8.42 Å². The molecule has 1 unspecified atom stereocenters. The highest BCUT2D eigenvalue weighted by molar-refractivity contribution is 9.10. The molecule has 1 aromatic carbocycles. The Bertz CT molecular complexity index is 571. The lowest BCUT2D eigenvalue weighted by Crippen LogP contribution is -2.38. The molecule has 1 aromatic rings. The van der Waals surface area contributed by atoms with Gasteiger partial charge >= 0.3 is 0 Å². The zero-order valence-corrected chi connectivity index (χ0v) is 14.0. The maximum atomic E-state index is 12.8. The van der Waals surface area contributed by atoms with Gasteiger partial charge < -0.3 is 10.1 Å². The van der Waals surface area contributed by atoms with Crippen LogP contribution in [0.15, 0.2) is 27.6 Å². The Morgan fingerprint density at radius 3 is 2.85 bits per heavy atom. The van der Waals surface area contributed by atoms with Crippen molar-refractivity contribution in [3.63, 3.8) is 0 Å². The van der Waals surface area contributed by atoms with Crippen molar-refractivity contribution in [3.05, 3.63) is 22.7 Å². The molecule has 0 spiro atoms. The van der Waals surface area contributed by atoms with Crippen molar-refractivity contribution in [2.75, 3.05) is 26.7 Å². The normalized spacial score (nSPS) is 19.5. The molecule has 112 valence electrons. The van der Waals surface area contributed by atoms with E-state index in [1.54, 1.807) is 25.2 Å². The van der Waals surface area contributed by atoms with Crippen LogP contribution in [0.5, 0.6) is 5.75 Å². The highest BCUT2D eigenvalue weighted by Crippen LogP contribution is 2.30. The van der Waals surface area contributed by atoms with E-state index in [4.69, 9.17) is 4.74 Å². The molecule has 7 heteroatoms. The first-order valence-electron chi connectivity index (χ1n) is 6.58. The maximum Gasteiger partial charge on any atom is 0.246 e. The number of hydrogen-bond donors (Lipinski definition) is 1. The second kappa shape index (κ2) is 6.43. The third-order valence-corrected chi connectivity index (χ3v) is 5.84. The average Bonchev–Trinajstić information content (AvgIpc) is 2.94. The monoisotopic (exact) mass is 362 g/mol. The summed E-state index contributed by atoms with van der Waals surface area (Å²) in [5.74, 6) is 0.397. The number of likely N-dealkylation sites (N-methyl/N-ethyl adjacent to an activating group) is 1. The van der Waals surface area contributed by atoms with Gasteiger partial charge in [0.15, 0.2) is 0 Å². The van der Waals surface area contributed by atoms with E-state index in [0.29, 0.717) is 18.9 Å². The van der Waals surface area contributed by atoms with E-state index >= 15 is 0 Å². The van der Waals surface area contributed by atoms with Crippen LogP contribution in [0, 0.1) is 0 Å². The van der Waals surface area contributed by atoms with Crippen molar-refractivity contribution >= 4 is 26.0 Å². The second-order valence-electron chi connectivity index (χ2n) is 4.69. The fourth-order valence-electron chi connectivity index (χ4n) is 2.26. The summed E-state index contributed by atoms with van der Waals surface area (Å²) in [5, 5.41) is 3.18. The van der Waals surface area contributed by atoms with Crippen LogP contribution in [0.4, 0.5) is 0 Å². The summed E-state index contributed by atoms with van der Waals surface area (Å²) in [6.07, 6.45) is 0.827. The number of nitrogens with zero attached hydrogens (tertiary/aromatic N) is 1. The third kappa shape index (κ3) is 3.16. The number of ether oxygens (including phenoxy) is 1. The van der Waals surface area contributed by atoms with Crippen LogP contribution in [-0.4, -0.2) is 45.5 Å². The Kier molecular flexibility index (Phi) is 5.06. The van der Waals surface area contributed by atoms with E-state index in [1.165, 1.54) is 4.31 Å². The molecule has 1 atom stereocenters. The van der Waals surface area contributed by atoms with Gasteiger partial charge in [-0.1, -0.05) is 15.9 Å². The molecule has 1 saturated heterocycles. The topological polar surface area (TPSA) is 58.6 Å². The van der Waals surface area contributed by atoms with Crippen LogP contribution < -0.4 is 10.1 Å². The van der Waals surface area contributed by atoms with Gasteiger partial charge in [0, 0.05) is 24.1 Å². The summed E-state index contributed by atoms with van der Waals surface area (Å²) in [5.41, 5.74) is 0. The smallest absolute Gasteiger partial charge is 0.246 e. The summed E-state index contributed by atoms with van der Waals surface area (Å²) in [7, 11) is -1.93. The lowest BCUT2D eigenvalue weighted by Gasteiger charge is -2.24. The molecule has 5 nitrogen and oxygen atoms in total. The van der Waals surface area contributed by atoms with Crippen molar-refractivity contribution in [2.45, 2.75) is 24.3 Å². The lowest BCUT2D eigenvalue weighted by atomic mass is 10.3. The molecule has 1 aliphatic heterocycles. The number of sulfonamides is 1. The number of nitrogens with one attached hydrogen (secondary N) is 1. The Morgan fingerprint density at radius 2 is 2.25 bits per heavy atom. The minimum atomic E-state index is -3.56. The molecule has 0 amide bonds. The van der Waals surface area contributed by atoms with Crippen LogP contribution in [0.3, 0.4) is 0 Å². The number of benzene rings is 1. The average molecular weight is 363 g/mol. The quantitative estimate of drug-likeness (QED) is 0.867. The van der Waals surface area contributed by atoms with Crippen molar-refractivity contribution in [1.82, 2.24) is 9.62 Å². The molecule has 20 heavy (non-hydrogen) atoms. The summed E-state index contributed by atoms with van der Waals surface area (Å²) in [6.45, 7) is 3.80. The van der Waals surface area contributed by atoms with Crippen molar-refractivity contribution < 1.29 is 13.2 Å². The Hall–Kier alpha value is -0.630. The zero-order valence-electron chi connectivity index (χ0n) is 11.6. The van der Waals surface area contributed by atoms with Gasteiger partial charge in [0.05, 0.1) is 6.61 Å². The van der Waals surface area contributed by atoms with Gasteiger partial charge in [0.1, 0.15) is 10.6 Å². The third-order valence-electron chi connectivity index (χ3n) is 3.41. The first-order chi connectivity index (χ1) is 9.46. The molecule has 0 saturated carbocycles. The highest BCUT2D eigenvalue weighted by Gasteiger charge is 2.32. The Labute approximate surface area is 128 Å². The van der Waals surface area contributed by atoms with Crippen molar-refractivity contribution in [1.29, 1.82) is 0 Å². The van der Waals surface area contributed by atoms with E-state index in [0.717, 1.165) is 17.4 Å². The van der Waals surface area contributed by atoms with Crippen LogP contribution >= 0.6 is 15.9 Å². The van der Waals surface area contributed by atoms with Crippen LogP contribution in [-0.2, 0) is 10.0 Å². The van der Waals surface area contributed by atoms with E-state index < -0.39 is 10.0 Å². The molecule has 0 radical (unpaired) electrons. The van der Waals surface area contributed by atoms with Gasteiger partial charge in [-0.15, -0.1) is 0 Å². The fourth-order valence-corrected chi connectivity index (χ4v) is 4.31. The zero-order chi connectivity index (χ0) is 14.8. The predicted molar refractivity (Wildman–Crippen MR) is 81.5 cm³/mol. The van der Waals surface area contributed by atoms with Gasteiger partial charge in [-0.2, -0.15) is 4.31 Å². The van der Waals surface area contributed by atoms with Gasteiger partial charge in [-0.05, 0) is 38.1 Å². The molecular formula is C13H19BrN2O3S. The standard InChI is InChI=1S/C13H19BrN2O3S/c1-3-19-12-5-4-10(14)8-13(12)20(17,18)16(2)11-6-7-15-9-11/h4-5,8,11,15H,3,6-7,9H2,1-2H3. The Balaban J connectivity index is 2.39. The van der Waals surface area contributed by atoms with Crippen molar-refractivity contribution in [3.8, 4) is 5.75 Å². The van der Waals surface area contributed by atoms with Gasteiger partial charge in [-0.25, -0.2) is 8.42 Å². The second-order valence-corrected chi connectivity index (χ2v) is 7.57. The molecule has 0 bridgehead atoms. The molecule has 0 aliphatic carbocycles. The predicted octanol–water partition coefficient (Wildman–Crippen LogP) is 1.83. The van der Waals surface area contributed by atoms with Crippen LogP contribution in [0.1, 0.15) is 13.3 Å². The summed E-state index contributed by atoms with van der Waals surface area (Å²) in [4.78, 5) is 0.211. The molecular weight excluding hydrogens is 344 g/mol. The molecule has 0 aromatic heterocycles. The number of rotatable bonds is 5.